The Hall–Kier alpha value is -7.10. The highest BCUT2D eigenvalue weighted by Crippen LogP contribution is 2.72. The number of nitrogens with two attached hydrogens (primary N) is 1. The Kier molecular flexibility index (Phi) is 17.8. The van der Waals surface area contributed by atoms with Crippen molar-refractivity contribution in [1.29, 1.82) is 0 Å². The number of para-hydroxylation sites is 1. The van der Waals surface area contributed by atoms with Crippen molar-refractivity contribution in [3.05, 3.63) is 101 Å². The standard InChI is InChI=1S/C63H82N12O12S/c1-35(2)43(64)24-66-36(3)22-67-40-13-11-39(38(21-40)12-15-46-51(76)52(77)53(78)54(87-46)57(82)83)26-85-59(84)65-17-20-86-63-30-60(5)27-61(6,31-63)29-62(28-60,32-63)33-75-37(4)42(23-69-75)41-14-16-48(71-49(41)56(80)81)73-18-19-74-34-68-50(45(74)25-73)55(79)72-58-70-44-9-7-8-10-47(44)88-58/h7-11,13-14,16,21,23,34-36,43,46,51-54,66-67,76-78H,12,15,17-20,22,24-33,64H2,1-6H3,(H,65,84)(H,80,81)(H,82,83)(H,70,72,79)/t36-,43+,46-,51-,52+,53-,54-,60?,61?,62?,63?/m0/s1. The molecule has 12 rings (SSSR count). The fourth-order valence-corrected chi connectivity index (χ4v) is 16.3. The number of carbonyl (C=O) groups excluding carboxylic acids is 2. The predicted octanol–water partition coefficient (Wildman–Crippen LogP) is 6.33. The van der Waals surface area contributed by atoms with E-state index in [1.165, 1.54) is 11.3 Å². The van der Waals surface area contributed by atoms with Crippen LogP contribution >= 0.6 is 11.3 Å². The minimum Gasteiger partial charge on any atom is -0.479 e. The van der Waals surface area contributed by atoms with Gasteiger partial charge in [-0.2, -0.15) is 5.10 Å². The Bertz CT molecular complexity index is 3520. The second kappa shape index (κ2) is 25.1. The highest BCUT2D eigenvalue weighted by molar-refractivity contribution is 7.22. The number of ether oxygens (including phenoxy) is 3. The van der Waals surface area contributed by atoms with Crippen molar-refractivity contribution in [1.82, 2.24) is 39.9 Å². The summed E-state index contributed by atoms with van der Waals surface area (Å²) in [4.78, 5) is 67.6. The van der Waals surface area contributed by atoms with Crippen LogP contribution in [0.2, 0.25) is 0 Å². The molecule has 25 heteroatoms. The molecule has 6 heterocycles. The van der Waals surface area contributed by atoms with Gasteiger partial charge < -0.3 is 70.9 Å². The molecule has 2 unspecified atom stereocenters. The van der Waals surface area contributed by atoms with Crippen molar-refractivity contribution in [3.8, 4) is 11.1 Å². The van der Waals surface area contributed by atoms with Crippen LogP contribution in [0, 0.1) is 29.1 Å². The summed E-state index contributed by atoms with van der Waals surface area (Å²) in [6.07, 6.45) is 0.865. The number of aryl methyl sites for hydroxylation is 1. The predicted molar refractivity (Wildman–Crippen MR) is 329 cm³/mol. The maximum atomic E-state index is 13.6. The number of nitrogens with zero attached hydrogens (tertiary/aromatic N) is 7. The molecule has 2 aromatic carbocycles. The van der Waals surface area contributed by atoms with Crippen LogP contribution in [-0.2, 0) is 51.7 Å². The third-order valence-corrected chi connectivity index (χ3v) is 19.7. The number of aromatic carboxylic acids is 1. The van der Waals surface area contributed by atoms with Crippen molar-refractivity contribution in [2.75, 3.05) is 48.3 Å². The van der Waals surface area contributed by atoms with Gasteiger partial charge in [-0.1, -0.05) is 57.2 Å². The molecule has 5 fully saturated rings. The number of alkyl carbamates (subject to hydrolysis) is 1. The third kappa shape index (κ3) is 13.3. The van der Waals surface area contributed by atoms with Crippen LogP contribution in [0.1, 0.15) is 123 Å². The number of benzene rings is 2. The van der Waals surface area contributed by atoms with Gasteiger partial charge in [0.1, 0.15) is 30.7 Å². The minimum absolute atomic E-state index is 0.00280. The van der Waals surface area contributed by atoms with Crippen LogP contribution in [-0.4, -0.2) is 160 Å². The number of carboxylic acid groups (broad SMARTS) is 2. The van der Waals surface area contributed by atoms with Crippen molar-refractivity contribution in [2.45, 2.75) is 167 Å². The molecule has 4 bridgehead atoms. The van der Waals surface area contributed by atoms with Crippen molar-refractivity contribution < 1.29 is 58.9 Å². The van der Waals surface area contributed by atoms with Crippen LogP contribution in [0.15, 0.2) is 67.1 Å². The molecule has 0 radical (unpaired) electrons. The summed E-state index contributed by atoms with van der Waals surface area (Å²) in [7, 11) is 0. The largest absolute Gasteiger partial charge is 0.479 e. The summed E-state index contributed by atoms with van der Waals surface area (Å²) in [5.74, 6) is -2.20. The number of aliphatic carboxylic acids is 1. The molecular formula is C63H82N12O12S. The van der Waals surface area contributed by atoms with Crippen molar-refractivity contribution in [3.63, 3.8) is 0 Å². The number of aliphatic hydroxyl groups excluding tert-OH is 3. The Morgan fingerprint density at radius 3 is 2.39 bits per heavy atom. The number of hydrogen-bond acceptors (Lipinski definition) is 19. The number of aliphatic hydroxyl groups is 3. The molecule has 6 aromatic rings. The normalized spacial score (nSPS) is 27.1. The Morgan fingerprint density at radius 2 is 1.65 bits per heavy atom. The fraction of sp³-hybridized carbons (Fsp3) is 0.556. The van der Waals surface area contributed by atoms with E-state index in [0.717, 1.165) is 65.7 Å². The number of rotatable bonds is 24. The molecule has 4 aromatic heterocycles. The first-order valence-corrected chi connectivity index (χ1v) is 31.3. The van der Waals surface area contributed by atoms with Crippen LogP contribution in [0.4, 0.5) is 21.4 Å². The van der Waals surface area contributed by atoms with E-state index in [-0.39, 0.29) is 78.2 Å². The summed E-state index contributed by atoms with van der Waals surface area (Å²) in [6, 6.07) is 17.0. The molecule has 6 aliphatic rings. The molecule has 472 valence electrons. The first kappa shape index (κ1) is 62.5. The van der Waals surface area contributed by atoms with E-state index < -0.39 is 54.2 Å². The second-order valence-corrected chi connectivity index (χ2v) is 27.5. The molecule has 2 aliphatic heterocycles. The molecule has 11 N–H and O–H groups in total. The molecule has 1 saturated heterocycles. The summed E-state index contributed by atoms with van der Waals surface area (Å²) in [5.41, 5.74) is 11.5. The highest BCUT2D eigenvalue weighted by Gasteiger charge is 2.66. The number of thiazole rings is 1. The number of hydrogen-bond donors (Lipinski definition) is 10. The number of nitrogens with one attached hydrogen (secondary N) is 4. The molecule has 88 heavy (non-hydrogen) atoms. The Morgan fingerprint density at radius 1 is 0.875 bits per heavy atom. The quantitative estimate of drug-likeness (QED) is 0.0296. The number of anilines is 3. The van der Waals surface area contributed by atoms with E-state index >= 15 is 0 Å². The van der Waals surface area contributed by atoms with Crippen molar-refractivity contribution >= 4 is 62.1 Å². The number of pyridine rings is 1. The van der Waals surface area contributed by atoms with Crippen LogP contribution in [0.3, 0.4) is 0 Å². The van der Waals surface area contributed by atoms with Gasteiger partial charge in [-0.25, -0.2) is 29.3 Å². The fourth-order valence-electron chi connectivity index (χ4n) is 15.4. The van der Waals surface area contributed by atoms with E-state index in [2.05, 4.69) is 65.9 Å². The Labute approximate surface area is 514 Å². The molecular weight excluding hydrogens is 1150 g/mol. The lowest BCUT2D eigenvalue weighted by molar-refractivity contribution is -0.247. The van der Waals surface area contributed by atoms with Crippen molar-refractivity contribution in [2.24, 2.45) is 27.9 Å². The van der Waals surface area contributed by atoms with Crippen LogP contribution < -0.4 is 31.9 Å². The molecule has 24 nitrogen and oxygen atoms in total. The van der Waals surface area contributed by atoms with E-state index in [1.807, 2.05) is 69.6 Å². The molecule has 9 atom stereocenters. The average Bonchev–Trinajstić information content (AvgIpc) is 0.770. The SMILES string of the molecule is Cc1c(-c2ccc(N3CCn4cnc(C(=O)Nc5nc6ccccc6s5)c4C3)nc2C(=O)O)cnn1CC12CC3(C)CC(C)(C1)CC(OCCNC(=O)OCc1ccc(NC[C@H](C)NC[C@@H](N)C(C)C)cc1CC[C@@H]1O[C@H](C(=O)O)[C@@H](O)[C@H](O)[C@H]1O)(C3)C2. The zero-order valence-corrected chi connectivity index (χ0v) is 51.5. The van der Waals surface area contributed by atoms with Gasteiger partial charge in [0, 0.05) is 73.9 Å². The van der Waals surface area contributed by atoms with Gasteiger partial charge in [0.15, 0.2) is 22.6 Å². The van der Waals surface area contributed by atoms with E-state index in [9.17, 15) is 44.7 Å². The maximum absolute atomic E-state index is 13.6. The lowest BCUT2D eigenvalue weighted by Crippen LogP contribution is -2.64. The number of fused-ring (bicyclic) bond motifs is 2. The molecule has 0 spiro atoms. The van der Waals surface area contributed by atoms with E-state index in [0.29, 0.717) is 78.5 Å². The minimum atomic E-state index is -1.80. The number of imidazole rings is 1. The maximum Gasteiger partial charge on any atom is 0.407 e. The van der Waals surface area contributed by atoms with Gasteiger partial charge in [0.25, 0.3) is 5.91 Å². The zero-order chi connectivity index (χ0) is 62.5. The van der Waals surface area contributed by atoms with E-state index in [4.69, 9.17) is 30.0 Å². The molecule has 4 saturated carbocycles. The zero-order valence-electron chi connectivity index (χ0n) is 50.7. The lowest BCUT2D eigenvalue weighted by Gasteiger charge is -2.69. The third-order valence-electron chi connectivity index (χ3n) is 18.7. The Balaban J connectivity index is 0.716. The van der Waals surface area contributed by atoms with Crippen LogP contribution in [0.25, 0.3) is 21.3 Å². The first-order chi connectivity index (χ1) is 41.9. The second-order valence-electron chi connectivity index (χ2n) is 26.5. The number of aromatic nitrogens is 6. The summed E-state index contributed by atoms with van der Waals surface area (Å²) in [6.45, 7) is 16.5. The number of amides is 2. The smallest absolute Gasteiger partial charge is 0.407 e. The van der Waals surface area contributed by atoms with E-state index in [1.54, 1.807) is 18.6 Å². The number of carboxylic acids is 2. The van der Waals surface area contributed by atoms with Gasteiger partial charge in [-0.15, -0.1) is 0 Å². The summed E-state index contributed by atoms with van der Waals surface area (Å²) < 4.78 is 23.2. The monoisotopic (exact) mass is 1230 g/mol. The summed E-state index contributed by atoms with van der Waals surface area (Å²) in [5, 5.41) is 70.0. The highest BCUT2D eigenvalue weighted by atomic mass is 32.1. The van der Waals surface area contributed by atoms with Gasteiger partial charge in [-0.3, -0.25) is 14.8 Å². The van der Waals surface area contributed by atoms with Gasteiger partial charge in [0.2, 0.25) is 0 Å². The molecule has 4 aliphatic carbocycles. The van der Waals surface area contributed by atoms with Gasteiger partial charge >= 0.3 is 18.0 Å². The van der Waals surface area contributed by atoms with Gasteiger partial charge in [-0.05, 0) is 135 Å². The molecule has 2 amide bonds. The topological polar surface area (TPSA) is 336 Å². The summed E-state index contributed by atoms with van der Waals surface area (Å²) >= 11 is 1.39. The number of carbonyl (C=O) groups is 4. The lowest BCUT2D eigenvalue weighted by atomic mass is 9.39. The first-order valence-electron chi connectivity index (χ1n) is 30.4. The van der Waals surface area contributed by atoms with Gasteiger partial charge in [0.05, 0.1) is 53.3 Å². The average molecular weight is 1230 g/mol. The van der Waals surface area contributed by atoms with Crippen LogP contribution in [0.5, 0.6) is 0 Å².